The van der Waals surface area contributed by atoms with Crippen molar-refractivity contribution in [2.75, 3.05) is 0 Å². The molecule has 240 valence electrons. The first-order chi connectivity index (χ1) is 25.1. The summed E-state index contributed by atoms with van der Waals surface area (Å²) in [6.07, 6.45) is 0. The highest BCUT2D eigenvalue weighted by Crippen LogP contribution is 2.51. The lowest BCUT2D eigenvalue weighted by Gasteiger charge is -2.22. The fraction of sp³-hybridized carbons (Fsp3) is 0.0612. The number of hydrogen-bond donors (Lipinski definition) is 0. The summed E-state index contributed by atoms with van der Waals surface area (Å²) in [6.45, 7) is 4.73. The quantitative estimate of drug-likeness (QED) is 0.177. The third-order valence-corrected chi connectivity index (χ3v) is 12.6. The van der Waals surface area contributed by atoms with Crippen LogP contribution in [-0.4, -0.2) is 4.57 Å². The van der Waals surface area contributed by atoms with Crippen molar-refractivity contribution in [3.8, 4) is 39.1 Å². The van der Waals surface area contributed by atoms with Crippen molar-refractivity contribution in [2.24, 2.45) is 0 Å². The highest BCUT2D eigenvalue weighted by molar-refractivity contribution is 7.27. The van der Waals surface area contributed by atoms with Crippen molar-refractivity contribution in [3.63, 3.8) is 0 Å². The molecule has 8 aromatic carbocycles. The number of rotatable bonds is 3. The van der Waals surface area contributed by atoms with Crippen molar-refractivity contribution in [3.05, 3.63) is 175 Å². The van der Waals surface area contributed by atoms with Gasteiger partial charge in [0, 0.05) is 47.4 Å². The monoisotopic (exact) mass is 667 g/mol. The summed E-state index contributed by atoms with van der Waals surface area (Å²) >= 11 is 1.93. The highest BCUT2D eigenvalue weighted by atomic mass is 32.1. The normalized spacial score (nSPS) is 13.5. The first-order valence-electron chi connectivity index (χ1n) is 17.8. The third-order valence-electron chi connectivity index (χ3n) is 11.4. The lowest BCUT2D eigenvalue weighted by atomic mass is 9.81. The molecule has 2 heteroatoms. The lowest BCUT2D eigenvalue weighted by Crippen LogP contribution is -2.14. The molecule has 1 nitrogen and oxygen atoms in total. The molecule has 0 bridgehead atoms. The zero-order chi connectivity index (χ0) is 33.8. The van der Waals surface area contributed by atoms with Crippen LogP contribution in [0.15, 0.2) is 164 Å². The van der Waals surface area contributed by atoms with Gasteiger partial charge in [0.1, 0.15) is 0 Å². The van der Waals surface area contributed by atoms with Crippen LogP contribution in [-0.2, 0) is 5.41 Å². The molecule has 0 unspecified atom stereocenters. The van der Waals surface area contributed by atoms with Gasteiger partial charge >= 0.3 is 0 Å². The zero-order valence-corrected chi connectivity index (χ0v) is 29.3. The van der Waals surface area contributed by atoms with E-state index in [0.29, 0.717) is 0 Å². The van der Waals surface area contributed by atoms with E-state index in [1.165, 1.54) is 103 Å². The van der Waals surface area contributed by atoms with E-state index in [0.717, 1.165) is 0 Å². The Labute approximate surface area is 300 Å². The molecule has 11 rings (SSSR count). The number of aromatic nitrogens is 1. The molecule has 0 fully saturated rings. The molecule has 0 amide bonds. The molecule has 0 atom stereocenters. The molecule has 1 aliphatic carbocycles. The van der Waals surface area contributed by atoms with Crippen LogP contribution >= 0.6 is 11.3 Å². The molecule has 51 heavy (non-hydrogen) atoms. The molecule has 2 heterocycles. The number of hydrogen-bond acceptors (Lipinski definition) is 1. The Bertz CT molecular complexity index is 3030. The van der Waals surface area contributed by atoms with Gasteiger partial charge in [-0.2, -0.15) is 0 Å². The number of para-hydroxylation sites is 1. The van der Waals surface area contributed by atoms with Gasteiger partial charge in [0.25, 0.3) is 0 Å². The minimum atomic E-state index is -0.0288. The summed E-state index contributed by atoms with van der Waals surface area (Å²) in [5.74, 6) is 0. The van der Waals surface area contributed by atoms with E-state index in [9.17, 15) is 0 Å². The lowest BCUT2D eigenvalue weighted by molar-refractivity contribution is 0.660. The van der Waals surface area contributed by atoms with Gasteiger partial charge in [-0.25, -0.2) is 0 Å². The van der Waals surface area contributed by atoms with Crippen LogP contribution in [0.4, 0.5) is 0 Å². The fourth-order valence-electron chi connectivity index (χ4n) is 8.94. The molecule has 0 saturated carbocycles. The van der Waals surface area contributed by atoms with Crippen LogP contribution < -0.4 is 0 Å². The molecule has 2 aromatic heterocycles. The molecule has 1 aliphatic rings. The Morgan fingerprint density at radius 1 is 0.451 bits per heavy atom. The summed E-state index contributed by atoms with van der Waals surface area (Å²) in [5, 5.41) is 7.91. The summed E-state index contributed by atoms with van der Waals surface area (Å²) in [5.41, 5.74) is 14.2. The maximum absolute atomic E-state index is 2.49. The third kappa shape index (κ3) is 4.03. The first-order valence-corrected chi connectivity index (χ1v) is 18.6. The number of thiophene rings is 1. The van der Waals surface area contributed by atoms with E-state index in [1.54, 1.807) is 0 Å². The van der Waals surface area contributed by atoms with Gasteiger partial charge in [-0.3, -0.25) is 0 Å². The van der Waals surface area contributed by atoms with E-state index in [4.69, 9.17) is 0 Å². The highest BCUT2D eigenvalue weighted by Gasteiger charge is 2.35. The predicted octanol–water partition coefficient (Wildman–Crippen LogP) is 13.9. The topological polar surface area (TPSA) is 4.93 Å². The maximum Gasteiger partial charge on any atom is 0.0634 e. The molecule has 0 spiro atoms. The Balaban J connectivity index is 1.16. The molecule has 0 aliphatic heterocycles. The summed E-state index contributed by atoms with van der Waals surface area (Å²) in [4.78, 5) is 0. The van der Waals surface area contributed by atoms with Gasteiger partial charge in [0.15, 0.2) is 0 Å². The minimum absolute atomic E-state index is 0.0288. The molecule has 0 radical (unpaired) electrons. The predicted molar refractivity (Wildman–Crippen MR) is 220 cm³/mol. The second kappa shape index (κ2) is 10.5. The summed E-state index contributed by atoms with van der Waals surface area (Å²) in [6, 6.07) is 60.8. The van der Waals surface area contributed by atoms with E-state index < -0.39 is 0 Å². The van der Waals surface area contributed by atoms with Crippen LogP contribution in [0.2, 0.25) is 0 Å². The van der Waals surface area contributed by atoms with E-state index >= 15 is 0 Å². The van der Waals surface area contributed by atoms with Crippen molar-refractivity contribution in [1.82, 2.24) is 4.57 Å². The van der Waals surface area contributed by atoms with Gasteiger partial charge < -0.3 is 4.57 Å². The first kappa shape index (κ1) is 28.8. The van der Waals surface area contributed by atoms with Gasteiger partial charge in [-0.05, 0) is 86.3 Å². The standard InChI is InChI=1S/C49H33NS/c1-49(2)41-18-10-8-14-35(41)36-26-22-33(29-42(36)49)32-23-27-44-40(28-32)45-37-15-6-7-16-38(37)47-46(48(45)51-44)39-17-9-11-19-43(39)50(47)34-24-20-31(21-25-34)30-12-4-3-5-13-30/h3-29H,1-2H3. The molecular formula is C49H33NS. The zero-order valence-electron chi connectivity index (χ0n) is 28.4. The molecule has 0 N–H and O–H groups in total. The van der Waals surface area contributed by atoms with E-state index in [-0.39, 0.29) is 5.41 Å². The SMILES string of the molecule is CC1(C)c2ccccc2-c2ccc(-c3ccc4sc5c(c4c3)c3ccccc3c3c5c4ccccc4n3-c3ccc(-c4ccccc4)cc3)cc21. The van der Waals surface area contributed by atoms with Crippen LogP contribution in [0.3, 0.4) is 0 Å². The summed E-state index contributed by atoms with van der Waals surface area (Å²) in [7, 11) is 0. The van der Waals surface area contributed by atoms with Crippen LogP contribution in [0.25, 0.3) is 91.8 Å². The average Bonchev–Trinajstić information content (AvgIpc) is 3.81. The van der Waals surface area contributed by atoms with Crippen molar-refractivity contribution >= 4 is 64.1 Å². The van der Waals surface area contributed by atoms with E-state index in [1.807, 2.05) is 11.3 Å². The maximum atomic E-state index is 2.49. The Morgan fingerprint density at radius 3 is 1.92 bits per heavy atom. The number of benzene rings is 8. The van der Waals surface area contributed by atoms with E-state index in [2.05, 4.69) is 182 Å². The van der Waals surface area contributed by atoms with Crippen molar-refractivity contribution in [1.29, 1.82) is 0 Å². The smallest absolute Gasteiger partial charge is 0.0634 e. The number of fused-ring (bicyclic) bond motifs is 13. The average molecular weight is 668 g/mol. The van der Waals surface area contributed by atoms with Crippen molar-refractivity contribution < 1.29 is 0 Å². The largest absolute Gasteiger partial charge is 0.309 e. The van der Waals surface area contributed by atoms with Crippen molar-refractivity contribution in [2.45, 2.75) is 19.3 Å². The van der Waals surface area contributed by atoms with Crippen LogP contribution in [0.5, 0.6) is 0 Å². The number of nitrogens with zero attached hydrogens (tertiary/aromatic N) is 1. The second-order valence-electron chi connectivity index (χ2n) is 14.5. The summed E-state index contributed by atoms with van der Waals surface area (Å²) < 4.78 is 5.17. The van der Waals surface area contributed by atoms with Gasteiger partial charge in [0.05, 0.1) is 11.0 Å². The molecular weight excluding hydrogens is 635 g/mol. The van der Waals surface area contributed by atoms with Gasteiger partial charge in [0.2, 0.25) is 0 Å². The Morgan fingerprint density at radius 2 is 1.08 bits per heavy atom. The molecule has 10 aromatic rings. The van der Waals surface area contributed by atoms with Crippen LogP contribution in [0.1, 0.15) is 25.0 Å². The van der Waals surface area contributed by atoms with Gasteiger partial charge in [-0.1, -0.05) is 141 Å². The fourth-order valence-corrected chi connectivity index (χ4v) is 10.2. The molecule has 0 saturated heterocycles. The second-order valence-corrected chi connectivity index (χ2v) is 15.5. The minimum Gasteiger partial charge on any atom is -0.309 e. The Hall–Kier alpha value is -5.96. The van der Waals surface area contributed by atoms with Crippen LogP contribution in [0, 0.1) is 0 Å². The Kier molecular flexibility index (Phi) is 5.95. The van der Waals surface area contributed by atoms with Gasteiger partial charge in [-0.15, -0.1) is 11.3 Å².